The molecule has 0 fully saturated rings. The van der Waals surface area contributed by atoms with Crippen LogP contribution in [0, 0.1) is 0 Å². The van der Waals surface area contributed by atoms with E-state index in [9.17, 15) is 0 Å². The van der Waals surface area contributed by atoms with Gasteiger partial charge >= 0.3 is 0 Å². The largest absolute Gasteiger partial charge is 0.488 e. The first-order valence-electron chi connectivity index (χ1n) is 8.23. The monoisotopic (exact) mass is 405 g/mol. The molecule has 1 N–H and O–H groups in total. The lowest BCUT2D eigenvalue weighted by Crippen LogP contribution is -1.98. The molecule has 4 nitrogen and oxygen atoms in total. The summed E-state index contributed by atoms with van der Waals surface area (Å²) in [4.78, 5) is 8.65. The Bertz CT molecular complexity index is 1030. The second kappa shape index (κ2) is 7.54. The Labute approximate surface area is 160 Å². The number of benzene rings is 3. The highest BCUT2D eigenvalue weighted by molar-refractivity contribution is 9.10. The Morgan fingerprint density at radius 2 is 1.69 bits per heavy atom. The summed E-state index contributed by atoms with van der Waals surface area (Å²) in [7, 11) is 0. The summed E-state index contributed by atoms with van der Waals surface area (Å²) in [5.41, 5.74) is 2.97. The molecule has 5 heteroatoms. The molecular weight excluding hydrogens is 390 g/mol. The van der Waals surface area contributed by atoms with E-state index in [1.165, 1.54) is 0 Å². The van der Waals surface area contributed by atoms with Gasteiger partial charge in [-0.2, -0.15) is 0 Å². The summed E-state index contributed by atoms with van der Waals surface area (Å²) < 4.78 is 6.78. The number of halogens is 1. The van der Waals surface area contributed by atoms with E-state index in [2.05, 4.69) is 31.2 Å². The number of ether oxygens (including phenoxy) is 1. The molecule has 4 rings (SSSR count). The Hall–Kier alpha value is -2.92. The Balaban J connectivity index is 1.52. The van der Waals surface area contributed by atoms with E-state index in [4.69, 9.17) is 4.74 Å². The molecule has 0 saturated heterocycles. The van der Waals surface area contributed by atoms with Gasteiger partial charge in [-0.25, -0.2) is 9.97 Å². The highest BCUT2D eigenvalue weighted by atomic mass is 79.9. The third kappa shape index (κ3) is 3.68. The van der Waals surface area contributed by atoms with Gasteiger partial charge in [0, 0.05) is 11.1 Å². The summed E-state index contributed by atoms with van der Waals surface area (Å²) in [5.74, 6) is 1.58. The van der Waals surface area contributed by atoms with Gasteiger partial charge in [-0.05, 0) is 51.8 Å². The minimum atomic E-state index is 0.531. The quantitative estimate of drug-likeness (QED) is 0.461. The van der Waals surface area contributed by atoms with Crippen LogP contribution in [0.25, 0.3) is 10.9 Å². The number of para-hydroxylation sites is 1. The van der Waals surface area contributed by atoms with Crippen molar-refractivity contribution < 1.29 is 4.74 Å². The maximum absolute atomic E-state index is 5.90. The Morgan fingerprint density at radius 3 is 2.54 bits per heavy atom. The van der Waals surface area contributed by atoms with Crippen LogP contribution < -0.4 is 10.1 Å². The smallest absolute Gasteiger partial charge is 0.141 e. The fourth-order valence-corrected chi connectivity index (χ4v) is 3.17. The molecule has 26 heavy (non-hydrogen) atoms. The molecule has 0 aliphatic heterocycles. The van der Waals surface area contributed by atoms with Crippen molar-refractivity contribution in [1.82, 2.24) is 9.97 Å². The zero-order valence-corrected chi connectivity index (χ0v) is 15.5. The molecule has 0 aliphatic carbocycles. The number of hydrogen-bond acceptors (Lipinski definition) is 4. The first kappa shape index (κ1) is 16.5. The van der Waals surface area contributed by atoms with Crippen molar-refractivity contribution in [2.45, 2.75) is 6.61 Å². The van der Waals surface area contributed by atoms with Crippen LogP contribution in [0.4, 0.5) is 11.5 Å². The average molecular weight is 406 g/mol. The lowest BCUT2D eigenvalue weighted by atomic mass is 10.2. The molecule has 0 aliphatic rings. The number of hydrogen-bond donors (Lipinski definition) is 1. The molecule has 4 aromatic rings. The van der Waals surface area contributed by atoms with Gasteiger partial charge in [0.2, 0.25) is 0 Å². The van der Waals surface area contributed by atoms with E-state index < -0.39 is 0 Å². The molecule has 128 valence electrons. The Morgan fingerprint density at radius 1 is 0.885 bits per heavy atom. The van der Waals surface area contributed by atoms with Crippen molar-refractivity contribution in [3.63, 3.8) is 0 Å². The van der Waals surface area contributed by atoms with E-state index in [0.29, 0.717) is 6.61 Å². The summed E-state index contributed by atoms with van der Waals surface area (Å²) in [6.45, 7) is 0.531. The van der Waals surface area contributed by atoms with Gasteiger partial charge in [0.25, 0.3) is 0 Å². The second-order valence-corrected chi connectivity index (χ2v) is 6.64. The number of anilines is 2. The van der Waals surface area contributed by atoms with Gasteiger partial charge in [-0.1, -0.05) is 42.5 Å². The summed E-state index contributed by atoms with van der Waals surface area (Å²) in [5, 5.41) is 4.33. The summed E-state index contributed by atoms with van der Waals surface area (Å²) in [6, 6.07) is 23.9. The predicted molar refractivity (Wildman–Crippen MR) is 108 cm³/mol. The van der Waals surface area contributed by atoms with E-state index >= 15 is 0 Å². The highest BCUT2D eigenvalue weighted by Crippen LogP contribution is 2.31. The van der Waals surface area contributed by atoms with E-state index in [1.54, 1.807) is 6.33 Å². The zero-order chi connectivity index (χ0) is 17.8. The number of rotatable bonds is 5. The number of fused-ring (bicyclic) bond motifs is 1. The first-order chi connectivity index (χ1) is 12.8. The van der Waals surface area contributed by atoms with Crippen LogP contribution >= 0.6 is 15.9 Å². The summed E-state index contributed by atoms with van der Waals surface area (Å²) >= 11 is 3.59. The number of nitrogens with zero attached hydrogens (tertiary/aromatic N) is 2. The topological polar surface area (TPSA) is 47.0 Å². The fraction of sp³-hybridized carbons (Fsp3) is 0.0476. The van der Waals surface area contributed by atoms with Crippen molar-refractivity contribution in [3.05, 3.63) is 89.2 Å². The van der Waals surface area contributed by atoms with Gasteiger partial charge in [-0.3, -0.25) is 0 Å². The second-order valence-electron chi connectivity index (χ2n) is 5.78. The summed E-state index contributed by atoms with van der Waals surface area (Å²) in [6.07, 6.45) is 1.57. The molecule has 0 amide bonds. The Kier molecular flexibility index (Phi) is 4.80. The molecule has 1 aromatic heterocycles. The maximum Gasteiger partial charge on any atom is 0.141 e. The van der Waals surface area contributed by atoms with Crippen molar-refractivity contribution in [3.8, 4) is 5.75 Å². The van der Waals surface area contributed by atoms with E-state index in [-0.39, 0.29) is 0 Å². The van der Waals surface area contributed by atoms with Gasteiger partial charge in [0.05, 0.1) is 9.99 Å². The molecule has 0 unspecified atom stereocenters. The lowest BCUT2D eigenvalue weighted by Gasteiger charge is -2.12. The zero-order valence-electron chi connectivity index (χ0n) is 13.9. The third-order valence-corrected chi connectivity index (χ3v) is 4.59. The van der Waals surface area contributed by atoms with Crippen molar-refractivity contribution in [2.75, 3.05) is 5.32 Å². The maximum atomic E-state index is 5.90. The molecule has 0 atom stereocenters. The molecule has 0 saturated carbocycles. The van der Waals surface area contributed by atoms with Gasteiger partial charge in [-0.15, -0.1) is 0 Å². The normalized spacial score (nSPS) is 10.7. The van der Waals surface area contributed by atoms with Crippen LogP contribution in [0.2, 0.25) is 0 Å². The minimum Gasteiger partial charge on any atom is -0.488 e. The molecule has 1 heterocycles. The van der Waals surface area contributed by atoms with E-state index in [0.717, 1.165) is 38.2 Å². The minimum absolute atomic E-state index is 0.531. The van der Waals surface area contributed by atoms with Gasteiger partial charge in [0.1, 0.15) is 24.5 Å². The van der Waals surface area contributed by atoms with Gasteiger partial charge < -0.3 is 10.1 Å². The molecule has 3 aromatic carbocycles. The van der Waals surface area contributed by atoms with Crippen LogP contribution in [-0.4, -0.2) is 9.97 Å². The van der Waals surface area contributed by atoms with Crippen LogP contribution in [0.15, 0.2) is 83.6 Å². The van der Waals surface area contributed by atoms with Crippen LogP contribution in [0.1, 0.15) is 5.56 Å². The van der Waals surface area contributed by atoms with Crippen molar-refractivity contribution in [2.24, 2.45) is 0 Å². The molecule has 0 radical (unpaired) electrons. The number of aromatic nitrogens is 2. The number of nitrogens with one attached hydrogen (secondary N) is 1. The van der Waals surface area contributed by atoms with Crippen LogP contribution in [0.3, 0.4) is 0 Å². The molecule has 0 bridgehead atoms. The van der Waals surface area contributed by atoms with Crippen LogP contribution in [-0.2, 0) is 6.61 Å². The SMILES string of the molecule is Brc1cc(Nc2ncnc3ccccc23)ccc1OCc1ccccc1. The van der Waals surface area contributed by atoms with Gasteiger partial charge in [0.15, 0.2) is 0 Å². The van der Waals surface area contributed by atoms with Crippen molar-refractivity contribution >= 4 is 38.3 Å². The lowest BCUT2D eigenvalue weighted by molar-refractivity contribution is 0.304. The highest BCUT2D eigenvalue weighted by Gasteiger charge is 2.07. The molecular formula is C21H16BrN3O. The fourth-order valence-electron chi connectivity index (χ4n) is 2.67. The predicted octanol–water partition coefficient (Wildman–Crippen LogP) is 5.71. The van der Waals surface area contributed by atoms with Crippen LogP contribution in [0.5, 0.6) is 5.75 Å². The third-order valence-electron chi connectivity index (χ3n) is 3.97. The average Bonchev–Trinajstić information content (AvgIpc) is 2.68. The van der Waals surface area contributed by atoms with Crippen molar-refractivity contribution in [1.29, 1.82) is 0 Å². The molecule has 0 spiro atoms. The first-order valence-corrected chi connectivity index (χ1v) is 9.02. The van der Waals surface area contributed by atoms with E-state index in [1.807, 2.05) is 72.8 Å². The standard InChI is InChI=1S/C21H16BrN3O/c22-18-12-16(10-11-20(18)26-13-15-6-2-1-3-7-15)25-21-17-8-4-5-9-19(17)23-14-24-21/h1-12,14H,13H2,(H,23,24,25).